The first-order valence-corrected chi connectivity index (χ1v) is 5.28. The van der Waals surface area contributed by atoms with Crippen LogP contribution in [0.2, 0.25) is 10.0 Å². The second kappa shape index (κ2) is 4.68. The van der Waals surface area contributed by atoms with E-state index in [2.05, 4.69) is 10.2 Å². The summed E-state index contributed by atoms with van der Waals surface area (Å²) in [6.07, 6.45) is 2.93. The quantitative estimate of drug-likeness (QED) is 0.636. The maximum atomic E-state index is 10.9. The number of halogens is 2. The van der Waals surface area contributed by atoms with E-state index in [1.54, 1.807) is 4.57 Å². The van der Waals surface area contributed by atoms with Crippen molar-refractivity contribution in [1.82, 2.24) is 14.8 Å². The van der Waals surface area contributed by atoms with Gasteiger partial charge in [-0.2, -0.15) is 0 Å². The van der Waals surface area contributed by atoms with Crippen LogP contribution in [0.1, 0.15) is 5.56 Å². The Hall–Kier alpha value is -1.66. The van der Waals surface area contributed by atoms with Gasteiger partial charge >= 0.3 is 0 Å². The summed E-state index contributed by atoms with van der Waals surface area (Å²) in [4.78, 5) is 10.4. The summed E-state index contributed by atoms with van der Waals surface area (Å²) in [6, 6.07) is 2.71. The van der Waals surface area contributed by atoms with Crippen LogP contribution >= 0.6 is 23.2 Å². The van der Waals surface area contributed by atoms with Gasteiger partial charge in [0.25, 0.3) is 5.69 Å². The Morgan fingerprint density at radius 3 is 2.41 bits per heavy atom. The lowest BCUT2D eigenvalue weighted by Gasteiger charge is -2.05. The van der Waals surface area contributed by atoms with E-state index in [4.69, 9.17) is 23.2 Å². The summed E-state index contributed by atoms with van der Waals surface area (Å²) in [5, 5.41) is 18.5. The van der Waals surface area contributed by atoms with E-state index in [1.807, 2.05) is 0 Å². The third-order valence-electron chi connectivity index (χ3n) is 2.14. The van der Waals surface area contributed by atoms with E-state index in [0.29, 0.717) is 5.56 Å². The Balaban J connectivity index is 2.44. The molecule has 1 heterocycles. The molecule has 1 aromatic heterocycles. The first-order valence-electron chi connectivity index (χ1n) is 4.52. The van der Waals surface area contributed by atoms with Crippen LogP contribution in [-0.4, -0.2) is 19.7 Å². The van der Waals surface area contributed by atoms with E-state index in [1.165, 1.54) is 24.8 Å². The summed E-state index contributed by atoms with van der Waals surface area (Å²) in [5.74, 6) is 0. The van der Waals surface area contributed by atoms with Gasteiger partial charge in [0, 0.05) is 6.07 Å². The van der Waals surface area contributed by atoms with Gasteiger partial charge in [-0.05, 0) is 6.07 Å². The first-order chi connectivity index (χ1) is 8.08. The Morgan fingerprint density at radius 1 is 1.24 bits per heavy atom. The molecule has 88 valence electrons. The Morgan fingerprint density at radius 2 is 1.82 bits per heavy atom. The van der Waals surface area contributed by atoms with Crippen LogP contribution in [0.3, 0.4) is 0 Å². The van der Waals surface area contributed by atoms with Crippen molar-refractivity contribution in [1.29, 1.82) is 0 Å². The average molecular weight is 273 g/mol. The van der Waals surface area contributed by atoms with Gasteiger partial charge in [0.2, 0.25) is 0 Å². The minimum absolute atomic E-state index is 0.0758. The van der Waals surface area contributed by atoms with Gasteiger partial charge in [-0.15, -0.1) is 10.2 Å². The van der Waals surface area contributed by atoms with Crippen LogP contribution in [0.25, 0.3) is 0 Å². The lowest BCUT2D eigenvalue weighted by molar-refractivity contribution is -0.385. The molecule has 0 bridgehead atoms. The molecule has 17 heavy (non-hydrogen) atoms. The van der Waals surface area contributed by atoms with E-state index >= 15 is 0 Å². The molecule has 2 aromatic rings. The largest absolute Gasteiger partial charge is 0.315 e. The molecule has 0 spiro atoms. The van der Waals surface area contributed by atoms with Crippen molar-refractivity contribution >= 4 is 28.9 Å². The molecule has 0 aliphatic rings. The van der Waals surface area contributed by atoms with Crippen molar-refractivity contribution in [2.24, 2.45) is 0 Å². The van der Waals surface area contributed by atoms with Crippen LogP contribution in [0.4, 0.5) is 5.69 Å². The molecule has 1 aromatic carbocycles. The Labute approximate surface area is 106 Å². The number of aromatic nitrogens is 3. The Bertz CT molecular complexity index is 556. The fourth-order valence-corrected chi connectivity index (χ4v) is 1.72. The number of nitrogens with zero attached hydrogens (tertiary/aromatic N) is 4. The van der Waals surface area contributed by atoms with Crippen LogP contribution < -0.4 is 0 Å². The van der Waals surface area contributed by atoms with Gasteiger partial charge in [-0.25, -0.2) is 0 Å². The zero-order valence-corrected chi connectivity index (χ0v) is 9.89. The molecule has 2 rings (SSSR count). The highest BCUT2D eigenvalue weighted by atomic mass is 35.5. The van der Waals surface area contributed by atoms with E-state index in [-0.39, 0.29) is 22.3 Å². The van der Waals surface area contributed by atoms with Gasteiger partial charge in [-0.1, -0.05) is 23.2 Å². The average Bonchev–Trinajstić information content (AvgIpc) is 2.75. The summed E-state index contributed by atoms with van der Waals surface area (Å²) < 4.78 is 1.60. The van der Waals surface area contributed by atoms with Crippen molar-refractivity contribution in [3.63, 3.8) is 0 Å². The normalized spacial score (nSPS) is 10.5. The molecule has 0 aliphatic carbocycles. The predicted octanol–water partition coefficient (Wildman–Crippen LogP) is 2.54. The number of hydrogen-bond donors (Lipinski definition) is 0. The molecule has 0 unspecified atom stereocenters. The van der Waals surface area contributed by atoms with E-state index in [9.17, 15) is 10.1 Å². The molecule has 6 nitrogen and oxygen atoms in total. The third kappa shape index (κ3) is 2.54. The molecule has 0 fully saturated rings. The van der Waals surface area contributed by atoms with Crippen molar-refractivity contribution in [2.75, 3.05) is 0 Å². The minimum atomic E-state index is -0.498. The lowest BCUT2D eigenvalue weighted by atomic mass is 10.2. The molecule has 0 saturated heterocycles. The van der Waals surface area contributed by atoms with E-state index < -0.39 is 4.92 Å². The van der Waals surface area contributed by atoms with Crippen molar-refractivity contribution < 1.29 is 4.92 Å². The molecule has 0 N–H and O–H groups in total. The summed E-state index contributed by atoms with van der Waals surface area (Å²) >= 11 is 11.6. The fraction of sp³-hybridized carbons (Fsp3) is 0.111. The van der Waals surface area contributed by atoms with Crippen molar-refractivity contribution in [2.45, 2.75) is 6.54 Å². The van der Waals surface area contributed by atoms with Crippen LogP contribution in [0, 0.1) is 10.1 Å². The second-order valence-corrected chi connectivity index (χ2v) is 4.10. The highest BCUT2D eigenvalue weighted by Crippen LogP contribution is 2.30. The van der Waals surface area contributed by atoms with Gasteiger partial charge in [0.05, 0.1) is 27.1 Å². The SMILES string of the molecule is O=[N+]([O-])c1cc(Cl)c(Cl)cc1Cn1cnnc1. The summed E-state index contributed by atoms with van der Waals surface area (Å²) in [7, 11) is 0. The van der Waals surface area contributed by atoms with Crippen molar-refractivity contribution in [3.05, 3.63) is 50.5 Å². The molecule has 8 heteroatoms. The second-order valence-electron chi connectivity index (χ2n) is 3.29. The molecule has 0 amide bonds. The standard InChI is InChI=1S/C9H6Cl2N4O2/c10-7-1-6(3-14-4-12-13-5-14)9(15(16)17)2-8(7)11/h1-2,4-5H,3H2. The topological polar surface area (TPSA) is 73.8 Å². The van der Waals surface area contributed by atoms with Gasteiger partial charge < -0.3 is 4.57 Å². The first kappa shape index (κ1) is 11.8. The highest BCUT2D eigenvalue weighted by molar-refractivity contribution is 6.42. The molecule has 0 atom stereocenters. The van der Waals surface area contributed by atoms with Gasteiger partial charge in [0.1, 0.15) is 12.7 Å². The molecular formula is C9H6Cl2N4O2. The summed E-state index contributed by atoms with van der Waals surface area (Å²) in [5.41, 5.74) is 0.373. The summed E-state index contributed by atoms with van der Waals surface area (Å²) in [6.45, 7) is 0.264. The third-order valence-corrected chi connectivity index (χ3v) is 2.86. The van der Waals surface area contributed by atoms with Crippen molar-refractivity contribution in [3.8, 4) is 0 Å². The Kier molecular flexibility index (Phi) is 3.26. The smallest absolute Gasteiger partial charge is 0.275 e. The molecule has 0 aliphatic heterocycles. The van der Waals surface area contributed by atoms with Gasteiger partial charge in [-0.3, -0.25) is 10.1 Å². The van der Waals surface area contributed by atoms with Crippen LogP contribution in [-0.2, 0) is 6.54 Å². The number of nitro groups is 1. The number of benzene rings is 1. The number of hydrogen-bond acceptors (Lipinski definition) is 4. The van der Waals surface area contributed by atoms with Gasteiger partial charge in [0.15, 0.2) is 0 Å². The lowest BCUT2D eigenvalue weighted by Crippen LogP contribution is -2.01. The molecular weight excluding hydrogens is 267 g/mol. The maximum absolute atomic E-state index is 10.9. The zero-order valence-electron chi connectivity index (χ0n) is 8.38. The number of nitro benzene ring substituents is 1. The maximum Gasteiger partial charge on any atom is 0.275 e. The van der Waals surface area contributed by atoms with Crippen LogP contribution in [0.15, 0.2) is 24.8 Å². The van der Waals surface area contributed by atoms with E-state index in [0.717, 1.165) is 0 Å². The highest BCUT2D eigenvalue weighted by Gasteiger charge is 2.17. The molecule has 0 radical (unpaired) electrons. The minimum Gasteiger partial charge on any atom is -0.315 e. The zero-order chi connectivity index (χ0) is 12.4. The monoisotopic (exact) mass is 272 g/mol. The van der Waals surface area contributed by atoms with Crippen LogP contribution in [0.5, 0.6) is 0 Å². The molecule has 0 saturated carbocycles. The fourth-order valence-electron chi connectivity index (χ4n) is 1.37. The predicted molar refractivity (Wildman–Crippen MR) is 62.2 cm³/mol. The number of rotatable bonds is 3.